The van der Waals surface area contributed by atoms with E-state index >= 15 is 0 Å². The molecule has 196 valence electrons. The van der Waals surface area contributed by atoms with Crippen LogP contribution in [-0.2, 0) is 11.2 Å². The largest absolute Gasteiger partial charge is 0.343 e. The monoisotopic (exact) mass is 513 g/mol. The van der Waals surface area contributed by atoms with Crippen molar-refractivity contribution in [3.05, 3.63) is 46.5 Å². The van der Waals surface area contributed by atoms with Gasteiger partial charge >= 0.3 is 6.03 Å². The van der Waals surface area contributed by atoms with Gasteiger partial charge in [0.15, 0.2) is 10.9 Å². The first-order valence-electron chi connectivity index (χ1n) is 12.7. The van der Waals surface area contributed by atoms with Crippen molar-refractivity contribution in [3.8, 4) is 0 Å². The van der Waals surface area contributed by atoms with Gasteiger partial charge in [0.1, 0.15) is 0 Å². The number of thiazole rings is 1. The van der Waals surface area contributed by atoms with Crippen LogP contribution in [0.25, 0.3) is 0 Å². The molecule has 1 heterocycles. The van der Waals surface area contributed by atoms with E-state index in [0.29, 0.717) is 15.7 Å². The van der Waals surface area contributed by atoms with Crippen molar-refractivity contribution in [3.63, 3.8) is 0 Å². The van der Waals surface area contributed by atoms with Crippen molar-refractivity contribution in [2.24, 2.45) is 5.92 Å². The maximum Gasteiger partial charge on any atom is 0.321 e. The summed E-state index contributed by atoms with van der Waals surface area (Å²) in [5, 5.41) is 6.39. The zero-order chi connectivity index (χ0) is 26.2. The van der Waals surface area contributed by atoms with E-state index in [1.54, 1.807) is 13.8 Å². The molecular formula is C27H39N5O3S. The number of aromatic nitrogens is 1. The predicted octanol–water partition coefficient (Wildman–Crippen LogP) is 4.36. The lowest BCUT2D eigenvalue weighted by Gasteiger charge is -2.41. The number of aryl methyl sites for hydroxylation is 2. The van der Waals surface area contributed by atoms with Crippen LogP contribution in [0, 0.1) is 12.8 Å². The fourth-order valence-electron chi connectivity index (χ4n) is 5.01. The quantitative estimate of drug-likeness (QED) is 0.461. The summed E-state index contributed by atoms with van der Waals surface area (Å²) in [7, 11) is 3.99. The number of Topliss-reactive ketones (excluding diaryl/α,β-unsaturated/α-hetero) is 1. The second kappa shape index (κ2) is 13.0. The molecule has 3 rings (SSSR count). The number of ketones is 1. The Bertz CT molecular complexity index is 1040. The van der Waals surface area contributed by atoms with Crippen molar-refractivity contribution in [2.75, 3.05) is 32.5 Å². The van der Waals surface area contributed by atoms with E-state index in [2.05, 4.69) is 51.8 Å². The van der Waals surface area contributed by atoms with Crippen LogP contribution in [0.15, 0.2) is 30.3 Å². The van der Waals surface area contributed by atoms with E-state index in [0.717, 1.165) is 45.2 Å². The molecule has 9 heteroatoms. The summed E-state index contributed by atoms with van der Waals surface area (Å²) in [6, 6.07) is 10.4. The van der Waals surface area contributed by atoms with Gasteiger partial charge in [-0.2, -0.15) is 0 Å². The molecule has 0 saturated heterocycles. The molecule has 1 aromatic carbocycles. The highest BCUT2D eigenvalue weighted by atomic mass is 32.1. The Morgan fingerprint density at radius 1 is 1.11 bits per heavy atom. The first-order chi connectivity index (χ1) is 17.1. The number of rotatable bonds is 10. The average Bonchev–Trinajstić information content (AvgIpc) is 3.20. The molecule has 1 saturated carbocycles. The number of anilines is 1. The van der Waals surface area contributed by atoms with E-state index in [-0.39, 0.29) is 35.7 Å². The number of carbonyl (C=O) groups is 3. The van der Waals surface area contributed by atoms with Crippen molar-refractivity contribution in [1.82, 2.24) is 20.1 Å². The molecule has 0 aliphatic heterocycles. The van der Waals surface area contributed by atoms with Crippen molar-refractivity contribution >= 4 is 34.2 Å². The molecule has 0 unspecified atom stereocenters. The van der Waals surface area contributed by atoms with E-state index in [9.17, 15) is 14.4 Å². The predicted molar refractivity (Wildman–Crippen MR) is 145 cm³/mol. The summed E-state index contributed by atoms with van der Waals surface area (Å²) in [6.07, 6.45) is 4.58. The Labute approximate surface area is 218 Å². The van der Waals surface area contributed by atoms with Gasteiger partial charge in [0.05, 0.1) is 10.6 Å². The maximum atomic E-state index is 12.8. The van der Waals surface area contributed by atoms with Gasteiger partial charge in [-0.1, -0.05) is 41.7 Å². The number of urea groups is 1. The number of nitrogens with zero attached hydrogens (tertiary/aromatic N) is 3. The van der Waals surface area contributed by atoms with E-state index < -0.39 is 0 Å². The SMILES string of the molecule is CC(=O)c1sc(NC(=O)N[C@@H]2CC[C@@H](N(C)C(C)=O)C[C@H]2CN(C)CCCc2ccccc2)nc1C. The van der Waals surface area contributed by atoms with Crippen LogP contribution in [0.1, 0.15) is 60.5 Å². The third-order valence-electron chi connectivity index (χ3n) is 7.05. The summed E-state index contributed by atoms with van der Waals surface area (Å²) >= 11 is 1.20. The normalized spacial score (nSPS) is 19.7. The molecule has 1 fully saturated rings. The van der Waals surface area contributed by atoms with Gasteiger partial charge in [-0.05, 0) is 64.1 Å². The highest BCUT2D eigenvalue weighted by Gasteiger charge is 2.34. The van der Waals surface area contributed by atoms with Crippen LogP contribution in [0.5, 0.6) is 0 Å². The van der Waals surface area contributed by atoms with Crippen LogP contribution in [-0.4, -0.2) is 71.8 Å². The summed E-state index contributed by atoms with van der Waals surface area (Å²) in [5.41, 5.74) is 1.97. The summed E-state index contributed by atoms with van der Waals surface area (Å²) in [6.45, 7) is 6.68. The van der Waals surface area contributed by atoms with Crippen LogP contribution >= 0.6 is 11.3 Å². The van der Waals surface area contributed by atoms with Crippen molar-refractivity contribution in [2.45, 2.75) is 65.0 Å². The first-order valence-corrected chi connectivity index (χ1v) is 13.5. The molecule has 8 nitrogen and oxygen atoms in total. The minimum absolute atomic E-state index is 0.00785. The zero-order valence-electron chi connectivity index (χ0n) is 22.0. The Balaban J connectivity index is 1.60. The number of hydrogen-bond donors (Lipinski definition) is 2. The summed E-state index contributed by atoms with van der Waals surface area (Å²) in [4.78, 5) is 45.6. The van der Waals surface area contributed by atoms with Crippen LogP contribution < -0.4 is 10.6 Å². The summed E-state index contributed by atoms with van der Waals surface area (Å²) in [5.74, 6) is 0.227. The zero-order valence-corrected chi connectivity index (χ0v) is 22.9. The Kier molecular flexibility index (Phi) is 10.0. The molecule has 1 aliphatic carbocycles. The van der Waals surface area contributed by atoms with Crippen molar-refractivity contribution in [1.29, 1.82) is 0 Å². The van der Waals surface area contributed by atoms with Gasteiger partial charge in [0.2, 0.25) is 5.91 Å². The smallest absolute Gasteiger partial charge is 0.321 e. The third-order valence-corrected chi connectivity index (χ3v) is 8.22. The minimum Gasteiger partial charge on any atom is -0.343 e. The number of hydrogen-bond acceptors (Lipinski definition) is 6. The Morgan fingerprint density at radius 2 is 1.83 bits per heavy atom. The van der Waals surface area contributed by atoms with Crippen LogP contribution in [0.4, 0.5) is 9.93 Å². The highest BCUT2D eigenvalue weighted by Crippen LogP contribution is 2.29. The fourth-order valence-corrected chi connectivity index (χ4v) is 5.86. The molecule has 36 heavy (non-hydrogen) atoms. The molecular weight excluding hydrogens is 474 g/mol. The number of nitrogens with one attached hydrogen (secondary N) is 2. The van der Waals surface area contributed by atoms with E-state index in [1.165, 1.54) is 23.8 Å². The fraction of sp³-hybridized carbons (Fsp3) is 0.556. The number of carbonyl (C=O) groups excluding carboxylic acids is 3. The van der Waals surface area contributed by atoms with Gasteiger partial charge in [-0.25, -0.2) is 9.78 Å². The van der Waals surface area contributed by atoms with Gasteiger partial charge in [-0.3, -0.25) is 14.9 Å². The van der Waals surface area contributed by atoms with Gasteiger partial charge in [-0.15, -0.1) is 0 Å². The van der Waals surface area contributed by atoms with Crippen molar-refractivity contribution < 1.29 is 14.4 Å². The topological polar surface area (TPSA) is 94.6 Å². The lowest BCUT2D eigenvalue weighted by molar-refractivity contribution is -0.130. The van der Waals surface area contributed by atoms with Gasteiger partial charge < -0.3 is 15.1 Å². The van der Waals surface area contributed by atoms with Crippen LogP contribution in [0.2, 0.25) is 0 Å². The Morgan fingerprint density at radius 3 is 2.47 bits per heavy atom. The van der Waals surface area contributed by atoms with Gasteiger partial charge in [0.25, 0.3) is 0 Å². The minimum atomic E-state index is -0.307. The average molecular weight is 514 g/mol. The lowest BCUT2D eigenvalue weighted by Crippen LogP contribution is -2.52. The molecule has 1 aliphatic rings. The standard InChI is InChI=1S/C27H39N5O3S/c1-18-25(19(2)33)36-27(28-18)30-26(35)29-24-14-13-23(32(5)20(3)34)16-22(24)17-31(4)15-9-12-21-10-7-6-8-11-21/h6-8,10-11,22-24H,9,12-17H2,1-5H3,(H2,28,29,30,35)/t22-,23+,24+/m0/s1. The summed E-state index contributed by atoms with van der Waals surface area (Å²) < 4.78 is 0. The number of amides is 3. The molecule has 2 N–H and O–H groups in total. The molecule has 0 radical (unpaired) electrons. The van der Waals surface area contributed by atoms with Crippen LogP contribution in [0.3, 0.4) is 0 Å². The maximum absolute atomic E-state index is 12.8. The second-order valence-electron chi connectivity index (χ2n) is 9.90. The Hall–Kier alpha value is -2.78. The molecule has 0 bridgehead atoms. The third kappa shape index (κ3) is 7.86. The molecule has 0 spiro atoms. The molecule has 3 amide bonds. The highest BCUT2D eigenvalue weighted by molar-refractivity contribution is 7.17. The molecule has 1 aromatic heterocycles. The molecule has 2 aromatic rings. The van der Waals surface area contributed by atoms with E-state index in [4.69, 9.17) is 0 Å². The number of benzene rings is 1. The second-order valence-corrected chi connectivity index (χ2v) is 10.9. The van der Waals surface area contributed by atoms with Gasteiger partial charge in [0, 0.05) is 39.5 Å². The molecule has 3 atom stereocenters. The lowest BCUT2D eigenvalue weighted by atomic mass is 9.80. The first kappa shape index (κ1) is 27.8. The van der Waals surface area contributed by atoms with E-state index in [1.807, 2.05) is 18.0 Å².